The number of rotatable bonds is 6. The number of fused-ring (bicyclic) bond motifs is 1. The maximum absolute atomic E-state index is 5.57. The fourth-order valence-electron chi connectivity index (χ4n) is 3.67. The minimum Gasteiger partial charge on any atom is -0.381 e. The largest absolute Gasteiger partial charge is 0.381 e. The van der Waals surface area contributed by atoms with Crippen LogP contribution in [0.2, 0.25) is 0 Å². The van der Waals surface area contributed by atoms with E-state index in [0.29, 0.717) is 5.92 Å². The Bertz CT molecular complexity index is 865. The minimum absolute atomic E-state index is 0.0683. The number of nitrogens with one attached hydrogen (secondary N) is 1. The zero-order valence-corrected chi connectivity index (χ0v) is 15.3. The van der Waals surface area contributed by atoms with Crippen LogP contribution in [0.4, 0.5) is 5.82 Å². The van der Waals surface area contributed by atoms with Crippen LogP contribution in [0.15, 0.2) is 25.0 Å². The molecule has 0 unspecified atom stereocenters. The number of ether oxygens (including phenoxy) is 1. The van der Waals surface area contributed by atoms with Crippen molar-refractivity contribution < 1.29 is 4.74 Å². The molecule has 1 N–H and O–H groups in total. The third kappa shape index (κ3) is 3.05. The van der Waals surface area contributed by atoms with E-state index in [0.717, 1.165) is 62.0 Å². The van der Waals surface area contributed by atoms with Crippen LogP contribution in [0.5, 0.6) is 0 Å². The monoisotopic (exact) mass is 355 g/mol. The molecule has 1 aliphatic heterocycles. The zero-order valence-electron chi connectivity index (χ0n) is 15.3. The number of anilines is 1. The first-order valence-corrected chi connectivity index (χ1v) is 9.33. The van der Waals surface area contributed by atoms with Gasteiger partial charge in [0.25, 0.3) is 0 Å². The first-order chi connectivity index (χ1) is 12.8. The molecule has 8 nitrogen and oxygen atoms in total. The van der Waals surface area contributed by atoms with Gasteiger partial charge in [0.2, 0.25) is 0 Å². The highest BCUT2D eigenvalue weighted by molar-refractivity contribution is 5.82. The summed E-state index contributed by atoms with van der Waals surface area (Å²) in [5, 5.41) is 3.64. The molecule has 8 heteroatoms. The lowest BCUT2D eigenvalue weighted by molar-refractivity contribution is 0.0593. The second-order valence-corrected chi connectivity index (χ2v) is 6.57. The van der Waals surface area contributed by atoms with Gasteiger partial charge in [-0.15, -0.1) is 0 Å². The molecule has 1 atom stereocenters. The zero-order chi connectivity index (χ0) is 17.9. The Morgan fingerprint density at radius 1 is 1.12 bits per heavy atom. The summed E-state index contributed by atoms with van der Waals surface area (Å²) in [5.74, 6) is 2.25. The molecule has 0 aromatic carbocycles. The molecular weight excluding hydrogens is 330 g/mol. The number of nitrogens with zero attached hydrogens (tertiary/aromatic N) is 6. The molecular formula is C18H25N7O. The second kappa shape index (κ2) is 7.41. The number of hydrogen-bond donors (Lipinski definition) is 1. The molecule has 3 aromatic heterocycles. The predicted octanol–water partition coefficient (Wildman–Crippen LogP) is 2.64. The summed E-state index contributed by atoms with van der Waals surface area (Å²) in [5.41, 5.74) is 1.66. The lowest BCUT2D eigenvalue weighted by Crippen LogP contribution is -2.29. The molecule has 0 aliphatic carbocycles. The average molecular weight is 355 g/mol. The first-order valence-electron chi connectivity index (χ1n) is 9.33. The first kappa shape index (κ1) is 17.0. The highest BCUT2D eigenvalue weighted by Gasteiger charge is 2.29. The van der Waals surface area contributed by atoms with Crippen molar-refractivity contribution in [3.63, 3.8) is 0 Å². The fraction of sp³-hybridized carbons (Fsp3) is 0.556. The van der Waals surface area contributed by atoms with E-state index >= 15 is 0 Å². The fourth-order valence-corrected chi connectivity index (χ4v) is 3.67. The number of aryl methyl sites for hydroxylation is 2. The van der Waals surface area contributed by atoms with Crippen LogP contribution < -0.4 is 5.32 Å². The van der Waals surface area contributed by atoms with Gasteiger partial charge in [-0.1, -0.05) is 0 Å². The normalized spacial score (nSPS) is 16.8. The van der Waals surface area contributed by atoms with E-state index < -0.39 is 0 Å². The smallest absolute Gasteiger partial charge is 0.165 e. The van der Waals surface area contributed by atoms with E-state index in [9.17, 15) is 0 Å². The Morgan fingerprint density at radius 3 is 2.69 bits per heavy atom. The molecule has 3 aromatic rings. The number of hydrogen-bond acceptors (Lipinski definition) is 6. The highest BCUT2D eigenvalue weighted by Crippen LogP contribution is 2.33. The molecule has 138 valence electrons. The number of aromatic nitrogens is 6. The molecule has 0 saturated carbocycles. The Labute approximate surface area is 152 Å². The maximum atomic E-state index is 5.57. The van der Waals surface area contributed by atoms with Crippen LogP contribution in [0, 0.1) is 5.92 Å². The van der Waals surface area contributed by atoms with Gasteiger partial charge in [-0.05, 0) is 32.6 Å². The van der Waals surface area contributed by atoms with Crippen LogP contribution in [0.1, 0.15) is 38.6 Å². The van der Waals surface area contributed by atoms with Crippen molar-refractivity contribution in [3.05, 3.63) is 30.9 Å². The van der Waals surface area contributed by atoms with Crippen molar-refractivity contribution in [2.24, 2.45) is 5.92 Å². The van der Waals surface area contributed by atoms with Gasteiger partial charge in [-0.3, -0.25) is 0 Å². The molecule has 1 fully saturated rings. The van der Waals surface area contributed by atoms with E-state index in [2.05, 4.69) is 43.7 Å². The third-order valence-electron chi connectivity index (χ3n) is 5.14. The van der Waals surface area contributed by atoms with Crippen LogP contribution in [0.3, 0.4) is 0 Å². The van der Waals surface area contributed by atoms with Gasteiger partial charge in [-0.2, -0.15) is 0 Å². The predicted molar refractivity (Wildman–Crippen MR) is 98.8 cm³/mol. The van der Waals surface area contributed by atoms with Gasteiger partial charge in [0, 0.05) is 38.7 Å². The van der Waals surface area contributed by atoms with E-state index in [1.807, 2.05) is 23.3 Å². The summed E-state index contributed by atoms with van der Waals surface area (Å²) in [7, 11) is 0. The molecule has 0 spiro atoms. The Hall–Kier alpha value is -2.48. The summed E-state index contributed by atoms with van der Waals surface area (Å²) >= 11 is 0. The number of imidazole rings is 2. The van der Waals surface area contributed by atoms with E-state index in [1.165, 1.54) is 0 Å². The summed E-state index contributed by atoms with van der Waals surface area (Å²) in [6.45, 7) is 7.52. The SMILES string of the molecule is CCn1ccnc1[C@H](Nc1ncnc2c1ncn2CC)C1CCOCC1. The van der Waals surface area contributed by atoms with Crippen LogP contribution in [0.25, 0.3) is 11.2 Å². The van der Waals surface area contributed by atoms with Crippen molar-refractivity contribution in [2.75, 3.05) is 18.5 Å². The van der Waals surface area contributed by atoms with Gasteiger partial charge in [0.15, 0.2) is 11.5 Å². The molecule has 0 amide bonds. The topological polar surface area (TPSA) is 82.7 Å². The van der Waals surface area contributed by atoms with E-state index in [4.69, 9.17) is 4.74 Å². The van der Waals surface area contributed by atoms with Crippen molar-refractivity contribution in [1.82, 2.24) is 29.1 Å². The maximum Gasteiger partial charge on any atom is 0.165 e. The minimum atomic E-state index is 0.0683. The Kier molecular flexibility index (Phi) is 4.83. The van der Waals surface area contributed by atoms with Gasteiger partial charge >= 0.3 is 0 Å². The molecule has 1 aliphatic rings. The second-order valence-electron chi connectivity index (χ2n) is 6.57. The van der Waals surface area contributed by atoms with Gasteiger partial charge in [-0.25, -0.2) is 19.9 Å². The van der Waals surface area contributed by atoms with Crippen molar-refractivity contribution >= 4 is 17.0 Å². The quantitative estimate of drug-likeness (QED) is 0.732. The Morgan fingerprint density at radius 2 is 1.92 bits per heavy atom. The summed E-state index contributed by atoms with van der Waals surface area (Å²) in [6, 6.07) is 0.0683. The van der Waals surface area contributed by atoms with Crippen molar-refractivity contribution in [1.29, 1.82) is 0 Å². The lowest BCUT2D eigenvalue weighted by Gasteiger charge is -2.31. The van der Waals surface area contributed by atoms with Crippen LogP contribution in [-0.4, -0.2) is 42.3 Å². The van der Waals surface area contributed by atoms with Crippen molar-refractivity contribution in [3.8, 4) is 0 Å². The standard InChI is InChI=1S/C18H25N7O/c1-3-24-8-7-19-17(24)14(13-5-9-26-10-6-13)23-16-15-18(21-11-20-16)25(4-2)12-22-15/h7-8,11-14H,3-6,9-10H2,1-2H3,(H,20,21,23)/t14-/m1/s1. The molecule has 4 heterocycles. The summed E-state index contributed by atoms with van der Waals surface area (Å²) in [6.07, 6.45) is 9.34. The van der Waals surface area contributed by atoms with Gasteiger partial charge in [0.1, 0.15) is 17.7 Å². The van der Waals surface area contributed by atoms with Crippen LogP contribution >= 0.6 is 0 Å². The molecule has 0 bridgehead atoms. The van der Waals surface area contributed by atoms with E-state index in [1.54, 1.807) is 6.33 Å². The molecule has 4 rings (SSSR count). The van der Waals surface area contributed by atoms with Gasteiger partial charge < -0.3 is 19.2 Å². The average Bonchev–Trinajstić information content (AvgIpc) is 3.33. The van der Waals surface area contributed by atoms with Crippen molar-refractivity contribution in [2.45, 2.75) is 45.8 Å². The lowest BCUT2D eigenvalue weighted by atomic mass is 9.91. The highest BCUT2D eigenvalue weighted by atomic mass is 16.5. The van der Waals surface area contributed by atoms with E-state index in [-0.39, 0.29) is 6.04 Å². The summed E-state index contributed by atoms with van der Waals surface area (Å²) < 4.78 is 9.78. The third-order valence-corrected chi connectivity index (χ3v) is 5.14. The molecule has 1 saturated heterocycles. The molecule has 26 heavy (non-hydrogen) atoms. The summed E-state index contributed by atoms with van der Waals surface area (Å²) in [4.78, 5) is 18.1. The van der Waals surface area contributed by atoms with Gasteiger partial charge in [0.05, 0.1) is 12.4 Å². The van der Waals surface area contributed by atoms with Crippen LogP contribution in [-0.2, 0) is 17.8 Å². The Balaban J connectivity index is 1.72. The molecule has 0 radical (unpaired) electrons.